The maximum Gasteiger partial charge on any atom is 0.343 e. The summed E-state index contributed by atoms with van der Waals surface area (Å²) in [4.78, 5) is 22.7. The molecule has 5 nitrogen and oxygen atoms in total. The minimum atomic E-state index is -0.533. The molecule has 0 fully saturated rings. The van der Waals surface area contributed by atoms with Gasteiger partial charge in [-0.05, 0) is 24.3 Å². The fourth-order valence-corrected chi connectivity index (χ4v) is 1.58. The van der Waals surface area contributed by atoms with Crippen LogP contribution in [-0.4, -0.2) is 20.2 Å². The molecule has 0 bridgehead atoms. The van der Waals surface area contributed by atoms with Gasteiger partial charge in [-0.2, -0.15) is 0 Å². The highest BCUT2D eigenvalue weighted by atomic mass is 16.5. The smallest absolute Gasteiger partial charge is 0.343 e. The lowest BCUT2D eigenvalue weighted by molar-refractivity contribution is -0.134. The number of hydrogen-bond acceptors (Lipinski definition) is 5. The summed E-state index contributed by atoms with van der Waals surface area (Å²) < 4.78 is 14.7. The standard InChI is InChI=1S/C14H12O5/c1-17-11-5-3-9-7-10(4-6-13(15)18-2)14(16)19-12(9)8-11/h3-8H,1-2H3/b6-4+. The van der Waals surface area contributed by atoms with Gasteiger partial charge in [-0.3, -0.25) is 0 Å². The van der Waals surface area contributed by atoms with E-state index in [1.54, 1.807) is 24.3 Å². The van der Waals surface area contributed by atoms with E-state index in [1.807, 2.05) is 0 Å². The van der Waals surface area contributed by atoms with E-state index in [0.29, 0.717) is 11.3 Å². The fourth-order valence-electron chi connectivity index (χ4n) is 1.58. The molecule has 0 spiro atoms. The van der Waals surface area contributed by atoms with Gasteiger partial charge in [0.15, 0.2) is 0 Å². The molecule has 0 saturated carbocycles. The number of carbonyl (C=O) groups excluding carboxylic acids is 1. The van der Waals surface area contributed by atoms with Crippen LogP contribution in [0.3, 0.4) is 0 Å². The van der Waals surface area contributed by atoms with E-state index in [0.717, 1.165) is 5.39 Å². The Balaban J connectivity index is 2.48. The molecule has 0 radical (unpaired) electrons. The van der Waals surface area contributed by atoms with Crippen LogP contribution in [0.2, 0.25) is 0 Å². The summed E-state index contributed by atoms with van der Waals surface area (Å²) in [6, 6.07) is 6.80. The van der Waals surface area contributed by atoms with E-state index in [4.69, 9.17) is 9.15 Å². The first-order valence-electron chi connectivity index (χ1n) is 5.52. The Labute approximate surface area is 109 Å². The van der Waals surface area contributed by atoms with E-state index in [2.05, 4.69) is 4.74 Å². The maximum atomic E-state index is 11.7. The van der Waals surface area contributed by atoms with Crippen molar-refractivity contribution in [2.45, 2.75) is 0 Å². The summed E-state index contributed by atoms with van der Waals surface area (Å²) in [6.45, 7) is 0. The van der Waals surface area contributed by atoms with Crippen molar-refractivity contribution in [1.82, 2.24) is 0 Å². The lowest BCUT2D eigenvalue weighted by atomic mass is 10.1. The number of ether oxygens (including phenoxy) is 2. The number of fused-ring (bicyclic) bond motifs is 1. The van der Waals surface area contributed by atoms with Crippen molar-refractivity contribution in [1.29, 1.82) is 0 Å². The average Bonchev–Trinajstić information content (AvgIpc) is 2.44. The number of carbonyl (C=O) groups is 1. The van der Waals surface area contributed by atoms with Crippen LogP contribution in [0.25, 0.3) is 17.0 Å². The Bertz CT molecular complexity index is 697. The molecular formula is C14H12O5. The van der Waals surface area contributed by atoms with Gasteiger partial charge < -0.3 is 13.9 Å². The summed E-state index contributed by atoms with van der Waals surface area (Å²) in [7, 11) is 2.80. The molecule has 0 aliphatic heterocycles. The SMILES string of the molecule is COC(=O)/C=C/c1cc2ccc(OC)cc2oc1=O. The Morgan fingerprint density at radius 3 is 2.74 bits per heavy atom. The molecule has 0 atom stereocenters. The zero-order valence-electron chi connectivity index (χ0n) is 10.5. The van der Waals surface area contributed by atoms with Gasteiger partial charge in [-0.25, -0.2) is 9.59 Å². The number of rotatable bonds is 3. The van der Waals surface area contributed by atoms with Crippen molar-refractivity contribution in [2.24, 2.45) is 0 Å². The molecule has 98 valence electrons. The largest absolute Gasteiger partial charge is 0.497 e. The Morgan fingerprint density at radius 2 is 2.05 bits per heavy atom. The molecule has 19 heavy (non-hydrogen) atoms. The third-order valence-corrected chi connectivity index (χ3v) is 2.57. The van der Waals surface area contributed by atoms with Gasteiger partial charge in [0.1, 0.15) is 11.3 Å². The van der Waals surface area contributed by atoms with Crippen LogP contribution >= 0.6 is 0 Å². The number of methoxy groups -OCH3 is 2. The van der Waals surface area contributed by atoms with Crippen LogP contribution in [0.4, 0.5) is 0 Å². The first-order chi connectivity index (χ1) is 9.13. The predicted molar refractivity (Wildman–Crippen MR) is 70.1 cm³/mol. The van der Waals surface area contributed by atoms with Gasteiger partial charge in [0.2, 0.25) is 0 Å². The van der Waals surface area contributed by atoms with Crippen molar-refractivity contribution < 1.29 is 18.7 Å². The highest BCUT2D eigenvalue weighted by molar-refractivity contribution is 5.88. The first-order valence-corrected chi connectivity index (χ1v) is 5.52. The maximum absolute atomic E-state index is 11.7. The van der Waals surface area contributed by atoms with Crippen LogP contribution < -0.4 is 10.4 Å². The Hall–Kier alpha value is -2.56. The Kier molecular flexibility index (Phi) is 3.66. The number of hydrogen-bond donors (Lipinski definition) is 0. The van der Waals surface area contributed by atoms with Gasteiger partial charge in [0.25, 0.3) is 0 Å². The summed E-state index contributed by atoms with van der Waals surface area (Å²) >= 11 is 0. The molecule has 1 aromatic heterocycles. The quantitative estimate of drug-likeness (QED) is 0.479. The van der Waals surface area contributed by atoms with Crippen LogP contribution in [0.15, 0.2) is 39.6 Å². The number of esters is 1. The molecule has 1 aromatic carbocycles. The van der Waals surface area contributed by atoms with Crippen LogP contribution in [-0.2, 0) is 9.53 Å². The predicted octanol–water partition coefficient (Wildman–Crippen LogP) is 1.99. The minimum absolute atomic E-state index is 0.281. The number of benzene rings is 1. The van der Waals surface area contributed by atoms with Gasteiger partial charge in [0, 0.05) is 17.5 Å². The summed E-state index contributed by atoms with van der Waals surface area (Å²) in [5.41, 5.74) is 0.184. The zero-order valence-corrected chi connectivity index (χ0v) is 10.5. The Morgan fingerprint density at radius 1 is 1.26 bits per heavy atom. The van der Waals surface area contributed by atoms with Gasteiger partial charge in [-0.1, -0.05) is 0 Å². The third kappa shape index (κ3) is 2.82. The van der Waals surface area contributed by atoms with Crippen molar-refractivity contribution in [2.75, 3.05) is 14.2 Å². The molecule has 2 rings (SSSR count). The van der Waals surface area contributed by atoms with Gasteiger partial charge >= 0.3 is 11.6 Å². The van der Waals surface area contributed by atoms with E-state index < -0.39 is 11.6 Å². The van der Waals surface area contributed by atoms with Crippen molar-refractivity contribution in [3.05, 3.63) is 46.3 Å². The van der Waals surface area contributed by atoms with Crippen molar-refractivity contribution >= 4 is 23.0 Å². The van der Waals surface area contributed by atoms with E-state index in [9.17, 15) is 9.59 Å². The second-order valence-corrected chi connectivity index (χ2v) is 3.75. The lowest BCUT2D eigenvalue weighted by Gasteiger charge is -2.02. The molecule has 5 heteroatoms. The molecule has 1 heterocycles. The summed E-state index contributed by atoms with van der Waals surface area (Å²) in [6.07, 6.45) is 2.53. The van der Waals surface area contributed by atoms with E-state index >= 15 is 0 Å². The lowest BCUT2D eigenvalue weighted by Crippen LogP contribution is -2.03. The molecule has 2 aromatic rings. The van der Waals surface area contributed by atoms with E-state index in [-0.39, 0.29) is 5.56 Å². The highest BCUT2D eigenvalue weighted by Crippen LogP contribution is 2.20. The highest BCUT2D eigenvalue weighted by Gasteiger charge is 2.04. The van der Waals surface area contributed by atoms with Gasteiger partial charge in [0.05, 0.1) is 19.8 Å². The normalized spacial score (nSPS) is 10.8. The second kappa shape index (κ2) is 5.39. The zero-order chi connectivity index (χ0) is 13.8. The summed E-state index contributed by atoms with van der Waals surface area (Å²) in [5, 5.41) is 0.741. The second-order valence-electron chi connectivity index (χ2n) is 3.75. The van der Waals surface area contributed by atoms with Crippen LogP contribution in [0.5, 0.6) is 5.75 Å². The monoisotopic (exact) mass is 260 g/mol. The van der Waals surface area contributed by atoms with Crippen molar-refractivity contribution in [3.63, 3.8) is 0 Å². The van der Waals surface area contributed by atoms with Crippen molar-refractivity contribution in [3.8, 4) is 5.75 Å². The third-order valence-electron chi connectivity index (χ3n) is 2.57. The fraction of sp³-hybridized carbons (Fsp3) is 0.143. The molecule has 0 amide bonds. The molecule has 0 saturated heterocycles. The first kappa shape index (κ1) is 12.9. The van der Waals surface area contributed by atoms with E-state index in [1.165, 1.54) is 26.4 Å². The van der Waals surface area contributed by atoms with Crippen LogP contribution in [0, 0.1) is 0 Å². The van der Waals surface area contributed by atoms with Gasteiger partial charge in [-0.15, -0.1) is 0 Å². The minimum Gasteiger partial charge on any atom is -0.497 e. The molecule has 0 aliphatic rings. The molecule has 0 unspecified atom stereocenters. The van der Waals surface area contributed by atoms with Crippen LogP contribution in [0.1, 0.15) is 5.56 Å². The molecule has 0 N–H and O–H groups in total. The average molecular weight is 260 g/mol. The molecule has 0 aliphatic carbocycles. The summed E-state index contributed by atoms with van der Waals surface area (Å²) in [5.74, 6) is 0.0720. The topological polar surface area (TPSA) is 65.7 Å². The molecular weight excluding hydrogens is 248 g/mol.